The Labute approximate surface area is 164 Å². The number of nitriles is 1. The zero-order chi connectivity index (χ0) is 20.3. The van der Waals surface area contributed by atoms with Crippen molar-refractivity contribution in [3.05, 3.63) is 47.7 Å². The molecule has 1 amide bonds. The van der Waals surface area contributed by atoms with Crippen molar-refractivity contribution in [1.29, 1.82) is 5.26 Å². The van der Waals surface area contributed by atoms with Crippen LogP contribution >= 0.6 is 11.6 Å². The molecule has 0 aliphatic carbocycles. The molecule has 146 valence electrons. The van der Waals surface area contributed by atoms with Crippen molar-refractivity contribution < 1.29 is 23.4 Å². The van der Waals surface area contributed by atoms with Crippen molar-refractivity contribution in [3.8, 4) is 11.8 Å². The third kappa shape index (κ3) is 4.85. The number of aliphatic hydroxyl groups excluding tert-OH is 1. The van der Waals surface area contributed by atoms with Gasteiger partial charge in [0.2, 0.25) is 0 Å². The number of β-amino-alcohol motifs (C(OH)–C–C–N with tert-alkyl or cyclic N) is 1. The van der Waals surface area contributed by atoms with E-state index in [1.807, 2.05) is 6.07 Å². The number of carbonyl (C=O) groups is 1. The summed E-state index contributed by atoms with van der Waals surface area (Å²) in [6.45, 7) is 0.952. The van der Waals surface area contributed by atoms with E-state index >= 15 is 0 Å². The number of halogens is 3. The summed E-state index contributed by atoms with van der Waals surface area (Å²) < 4.78 is 29.4. The second kappa shape index (κ2) is 7.96. The fourth-order valence-corrected chi connectivity index (χ4v) is 2.88. The Bertz CT molecular complexity index is 913. The monoisotopic (exact) mass is 408 g/mol. The first-order chi connectivity index (χ1) is 13.2. The van der Waals surface area contributed by atoms with Gasteiger partial charge in [0.1, 0.15) is 17.6 Å². The minimum atomic E-state index is -3.82. The number of rotatable bonds is 5. The summed E-state index contributed by atoms with van der Waals surface area (Å²) in [4.78, 5) is 18.4. The average Bonchev–Trinajstić information content (AvgIpc) is 3.07. The van der Waals surface area contributed by atoms with Crippen LogP contribution in [0.25, 0.3) is 0 Å². The normalized spacial score (nSPS) is 16.5. The van der Waals surface area contributed by atoms with Crippen molar-refractivity contribution >= 4 is 29.0 Å². The van der Waals surface area contributed by atoms with Crippen LogP contribution in [0.15, 0.2) is 36.5 Å². The number of amides is 1. The summed E-state index contributed by atoms with van der Waals surface area (Å²) in [5.74, 6) is -0.268. The highest BCUT2D eigenvalue weighted by molar-refractivity contribution is 6.20. The van der Waals surface area contributed by atoms with Gasteiger partial charge in [0, 0.05) is 36.6 Å². The Morgan fingerprint density at radius 2 is 2.14 bits per heavy atom. The van der Waals surface area contributed by atoms with Crippen LogP contribution in [0.1, 0.15) is 22.3 Å². The lowest BCUT2D eigenvalue weighted by molar-refractivity contribution is -0.0964. The predicted molar refractivity (Wildman–Crippen MR) is 97.6 cm³/mol. The van der Waals surface area contributed by atoms with E-state index in [2.05, 4.69) is 15.0 Å². The fourth-order valence-electron chi connectivity index (χ4n) is 2.79. The number of nitrogens with zero attached hydrogens (tertiary/aromatic N) is 3. The van der Waals surface area contributed by atoms with Gasteiger partial charge in [-0.3, -0.25) is 4.79 Å². The standard InChI is InChI=1S/C18H15ClF2N4O3/c19-18(20,21)28-15-3-1-13(2-4-15)24-17(27)12-7-11(8-22)16(23-9-12)25-6-5-14(26)10-25/h1-4,7,9,14,26H,5-6,10H2,(H,24,27). The molecule has 1 aromatic heterocycles. The number of benzene rings is 1. The second-order valence-corrected chi connectivity index (χ2v) is 6.56. The fraction of sp³-hybridized carbons (Fsp3) is 0.278. The van der Waals surface area contributed by atoms with Crippen LogP contribution in [0.3, 0.4) is 0 Å². The van der Waals surface area contributed by atoms with Gasteiger partial charge in [-0.15, -0.1) is 8.78 Å². The number of ether oxygens (including phenoxy) is 1. The number of hydrogen-bond acceptors (Lipinski definition) is 6. The summed E-state index contributed by atoms with van der Waals surface area (Å²) in [5.41, 5.74) is -3.11. The maximum atomic E-state index is 12.6. The first kappa shape index (κ1) is 19.8. The highest BCUT2D eigenvalue weighted by atomic mass is 35.5. The van der Waals surface area contributed by atoms with Crippen molar-refractivity contribution in [2.24, 2.45) is 0 Å². The van der Waals surface area contributed by atoms with Gasteiger partial charge in [0.25, 0.3) is 5.91 Å². The van der Waals surface area contributed by atoms with Gasteiger partial charge < -0.3 is 20.1 Å². The molecule has 2 N–H and O–H groups in total. The second-order valence-electron chi connectivity index (χ2n) is 6.12. The number of aromatic nitrogens is 1. The van der Waals surface area contributed by atoms with Crippen LogP contribution in [0.5, 0.6) is 5.75 Å². The minimum absolute atomic E-state index is 0.160. The van der Waals surface area contributed by atoms with Gasteiger partial charge in [0.05, 0.1) is 17.2 Å². The zero-order valence-corrected chi connectivity index (χ0v) is 15.2. The lowest BCUT2D eigenvalue weighted by Gasteiger charge is -2.18. The van der Waals surface area contributed by atoms with Gasteiger partial charge in [0.15, 0.2) is 0 Å². The maximum absolute atomic E-state index is 12.6. The van der Waals surface area contributed by atoms with E-state index < -0.39 is 17.6 Å². The molecule has 28 heavy (non-hydrogen) atoms. The van der Waals surface area contributed by atoms with E-state index in [0.29, 0.717) is 31.0 Å². The van der Waals surface area contributed by atoms with Gasteiger partial charge in [-0.2, -0.15) is 5.26 Å². The maximum Gasteiger partial charge on any atom is 0.487 e. The smallest absolute Gasteiger partial charge is 0.420 e. The molecule has 1 atom stereocenters. The molecular weight excluding hydrogens is 394 g/mol. The summed E-state index contributed by atoms with van der Waals surface area (Å²) in [5, 5.41) is 21.6. The van der Waals surface area contributed by atoms with Gasteiger partial charge >= 0.3 is 5.57 Å². The topological polar surface area (TPSA) is 98.5 Å². The van der Waals surface area contributed by atoms with E-state index in [4.69, 9.17) is 11.6 Å². The molecule has 10 heteroatoms. The lowest BCUT2D eigenvalue weighted by atomic mass is 10.1. The molecule has 1 fully saturated rings. The highest BCUT2D eigenvalue weighted by Gasteiger charge is 2.27. The zero-order valence-electron chi connectivity index (χ0n) is 14.4. The highest BCUT2D eigenvalue weighted by Crippen LogP contribution is 2.26. The number of pyridine rings is 1. The molecule has 0 radical (unpaired) electrons. The largest absolute Gasteiger partial charge is 0.487 e. The van der Waals surface area contributed by atoms with Crippen LogP contribution in [-0.2, 0) is 0 Å². The van der Waals surface area contributed by atoms with E-state index in [1.54, 1.807) is 4.90 Å². The molecule has 2 aromatic rings. The first-order valence-corrected chi connectivity index (χ1v) is 8.63. The first-order valence-electron chi connectivity index (χ1n) is 8.25. The summed E-state index contributed by atoms with van der Waals surface area (Å²) >= 11 is 4.69. The molecule has 1 aliphatic rings. The van der Waals surface area contributed by atoms with Crippen LogP contribution < -0.4 is 15.0 Å². The van der Waals surface area contributed by atoms with E-state index in [9.17, 15) is 23.9 Å². The molecule has 1 saturated heterocycles. The quantitative estimate of drug-likeness (QED) is 0.738. The molecule has 7 nitrogen and oxygen atoms in total. The number of carbonyl (C=O) groups excluding carboxylic acids is 1. The number of nitrogens with one attached hydrogen (secondary N) is 1. The number of aliphatic hydroxyl groups is 1. The number of hydrogen-bond donors (Lipinski definition) is 2. The van der Waals surface area contributed by atoms with Gasteiger partial charge in [-0.05, 0) is 36.8 Å². The molecule has 0 spiro atoms. The summed E-state index contributed by atoms with van der Waals surface area (Å²) in [7, 11) is 0. The van der Waals surface area contributed by atoms with E-state index in [0.717, 1.165) is 0 Å². The van der Waals surface area contributed by atoms with Crippen molar-refractivity contribution in [2.45, 2.75) is 18.1 Å². The Morgan fingerprint density at radius 1 is 1.43 bits per heavy atom. The average molecular weight is 409 g/mol. The van der Waals surface area contributed by atoms with E-state index in [1.165, 1.54) is 36.5 Å². The Kier molecular flexibility index (Phi) is 5.63. The predicted octanol–water partition coefficient (Wildman–Crippen LogP) is 2.94. The molecular formula is C18H15ClF2N4O3. The van der Waals surface area contributed by atoms with Crippen molar-refractivity contribution in [1.82, 2.24) is 4.98 Å². The summed E-state index contributed by atoms with van der Waals surface area (Å²) in [6.07, 6.45) is 1.45. The molecule has 3 rings (SSSR count). The minimum Gasteiger partial charge on any atom is -0.420 e. The number of alkyl halides is 3. The molecule has 1 unspecified atom stereocenters. The van der Waals surface area contributed by atoms with Crippen LogP contribution in [0.4, 0.5) is 20.3 Å². The molecule has 0 saturated carbocycles. The molecule has 2 heterocycles. The molecule has 1 aliphatic heterocycles. The van der Waals surface area contributed by atoms with Crippen LogP contribution in [0, 0.1) is 11.3 Å². The van der Waals surface area contributed by atoms with Gasteiger partial charge in [-0.1, -0.05) is 0 Å². The Morgan fingerprint density at radius 3 is 2.71 bits per heavy atom. The van der Waals surface area contributed by atoms with Crippen molar-refractivity contribution in [3.63, 3.8) is 0 Å². The third-order valence-electron chi connectivity index (χ3n) is 4.06. The SMILES string of the molecule is N#Cc1cc(C(=O)Nc2ccc(OC(F)(F)Cl)cc2)cnc1N1CCC(O)C1. The van der Waals surface area contributed by atoms with Gasteiger partial charge in [-0.25, -0.2) is 4.98 Å². The number of anilines is 2. The summed E-state index contributed by atoms with van der Waals surface area (Å²) in [6, 6.07) is 8.62. The van der Waals surface area contributed by atoms with E-state index in [-0.39, 0.29) is 16.9 Å². The molecule has 1 aromatic carbocycles. The van der Waals surface area contributed by atoms with Crippen LogP contribution in [0.2, 0.25) is 0 Å². The van der Waals surface area contributed by atoms with Crippen molar-refractivity contribution in [2.75, 3.05) is 23.3 Å². The van der Waals surface area contributed by atoms with Crippen LogP contribution in [-0.4, -0.2) is 40.8 Å². The Hall–Kier alpha value is -2.96. The lowest BCUT2D eigenvalue weighted by Crippen LogP contribution is -2.23. The molecule has 0 bridgehead atoms. The Balaban J connectivity index is 1.71. The third-order valence-corrected chi connectivity index (χ3v) is 4.14.